The number of ether oxygens (including phenoxy) is 2. The van der Waals surface area contributed by atoms with Gasteiger partial charge in [-0.15, -0.1) is 0 Å². The van der Waals surface area contributed by atoms with Gasteiger partial charge in [0.05, 0.1) is 11.1 Å². The largest absolute Gasteiger partial charge is 0.507 e. The molecule has 0 amide bonds. The predicted octanol–water partition coefficient (Wildman–Crippen LogP) is 7.69. The Kier molecular flexibility index (Phi) is 10.9. The number of phenols is 2. The zero-order valence-corrected chi connectivity index (χ0v) is 23.3. The molecule has 0 spiro atoms. The molecule has 0 unspecified atom stereocenters. The number of hydrogen-bond donors (Lipinski definition) is 2. The molecule has 0 saturated heterocycles. The third-order valence-corrected chi connectivity index (χ3v) is 6.85. The Labute approximate surface area is 245 Å². The number of esters is 2. The van der Waals surface area contributed by atoms with Gasteiger partial charge in [0, 0.05) is 6.42 Å². The third kappa shape index (κ3) is 8.54. The van der Waals surface area contributed by atoms with Gasteiger partial charge in [-0.25, -0.2) is 9.59 Å². The number of aryl methyl sites for hydroxylation is 1. The Morgan fingerprint density at radius 2 is 1.12 bits per heavy atom. The van der Waals surface area contributed by atoms with Crippen LogP contribution in [0.5, 0.6) is 23.0 Å². The summed E-state index contributed by atoms with van der Waals surface area (Å²) in [6.45, 7) is 0. The van der Waals surface area contributed by atoms with Gasteiger partial charge in [-0.1, -0.05) is 74.2 Å². The Balaban J connectivity index is 1.17. The molecule has 216 valence electrons. The fraction of sp³-hybridized carbons (Fsp3) is 0.229. The number of hydrogen-bond acceptors (Lipinski definition) is 7. The molecule has 4 rings (SSSR count). The summed E-state index contributed by atoms with van der Waals surface area (Å²) in [5.74, 6) is -1.46. The summed E-state index contributed by atoms with van der Waals surface area (Å²) in [5, 5.41) is 20.4. The number of unbranched alkanes of at least 4 members (excludes halogenated alkanes) is 5. The number of benzene rings is 4. The van der Waals surface area contributed by atoms with Gasteiger partial charge in [0.15, 0.2) is 17.3 Å². The molecule has 0 aliphatic carbocycles. The standard InChI is InChI=1S/C35H34O7/c36-28-23-22-25(24-32(28)42-35(40)27-17-10-6-11-18-27)14-7-3-1-2-4-12-19-29(37)33-30(38)20-13-21-31(33)41-34(39)26-15-8-5-9-16-26/h5-6,8-11,13,15-18,20-24,36,38H,1-4,7,12,14,19H2. The number of rotatable bonds is 14. The second-order valence-electron chi connectivity index (χ2n) is 10.0. The number of ketones is 1. The van der Waals surface area contributed by atoms with E-state index < -0.39 is 11.9 Å². The molecule has 42 heavy (non-hydrogen) atoms. The van der Waals surface area contributed by atoms with Crippen molar-refractivity contribution < 1.29 is 34.1 Å². The van der Waals surface area contributed by atoms with Crippen molar-refractivity contribution in [1.82, 2.24) is 0 Å². The minimum atomic E-state index is -0.591. The van der Waals surface area contributed by atoms with Gasteiger partial charge in [0.1, 0.15) is 17.1 Å². The van der Waals surface area contributed by atoms with Crippen molar-refractivity contribution in [3.63, 3.8) is 0 Å². The van der Waals surface area contributed by atoms with Crippen LogP contribution < -0.4 is 9.47 Å². The van der Waals surface area contributed by atoms with Gasteiger partial charge in [-0.3, -0.25) is 4.79 Å². The van der Waals surface area contributed by atoms with E-state index in [0.29, 0.717) is 17.5 Å². The van der Waals surface area contributed by atoms with E-state index in [9.17, 15) is 24.6 Å². The minimum absolute atomic E-state index is 0.0319. The Hall–Kier alpha value is -4.91. The van der Waals surface area contributed by atoms with Crippen LogP contribution in [0.3, 0.4) is 0 Å². The monoisotopic (exact) mass is 566 g/mol. The zero-order chi connectivity index (χ0) is 29.7. The summed E-state index contributed by atoms with van der Waals surface area (Å²) in [6.07, 6.45) is 6.43. The van der Waals surface area contributed by atoms with Crippen LogP contribution in [0.25, 0.3) is 0 Å². The predicted molar refractivity (Wildman–Crippen MR) is 159 cm³/mol. The maximum Gasteiger partial charge on any atom is 0.343 e. The quantitative estimate of drug-likeness (QED) is 0.0697. The van der Waals surface area contributed by atoms with Gasteiger partial charge in [0.25, 0.3) is 0 Å². The first-order chi connectivity index (χ1) is 20.4. The summed E-state index contributed by atoms with van der Waals surface area (Å²) < 4.78 is 10.8. The maximum absolute atomic E-state index is 12.9. The normalized spacial score (nSPS) is 10.7. The summed E-state index contributed by atoms with van der Waals surface area (Å²) in [4.78, 5) is 37.7. The van der Waals surface area contributed by atoms with E-state index in [1.54, 1.807) is 66.7 Å². The SMILES string of the molecule is O=C(Oc1cc(CCCCCCCCC(=O)c2c(O)cccc2OC(=O)c2ccccc2)ccc1O)c1ccccc1. The number of carbonyl (C=O) groups is 3. The second-order valence-corrected chi connectivity index (χ2v) is 10.0. The summed E-state index contributed by atoms with van der Waals surface area (Å²) in [6, 6.07) is 26.6. The van der Waals surface area contributed by atoms with Crippen LogP contribution in [0.15, 0.2) is 97.1 Å². The Morgan fingerprint density at radius 3 is 1.76 bits per heavy atom. The minimum Gasteiger partial charge on any atom is -0.507 e. The topological polar surface area (TPSA) is 110 Å². The molecule has 0 saturated carbocycles. The molecule has 0 atom stereocenters. The van der Waals surface area contributed by atoms with E-state index in [0.717, 1.165) is 44.1 Å². The second kappa shape index (κ2) is 15.2. The molecular weight excluding hydrogens is 532 g/mol. The molecule has 0 heterocycles. The van der Waals surface area contributed by atoms with Crippen molar-refractivity contribution in [2.24, 2.45) is 0 Å². The van der Waals surface area contributed by atoms with Crippen LogP contribution in [0.2, 0.25) is 0 Å². The lowest BCUT2D eigenvalue weighted by Crippen LogP contribution is -2.11. The number of phenolic OH excluding ortho intramolecular Hbond substituents is 2. The highest BCUT2D eigenvalue weighted by molar-refractivity contribution is 6.02. The smallest absolute Gasteiger partial charge is 0.343 e. The van der Waals surface area contributed by atoms with E-state index in [2.05, 4.69) is 0 Å². The highest BCUT2D eigenvalue weighted by atomic mass is 16.5. The van der Waals surface area contributed by atoms with Crippen LogP contribution in [-0.4, -0.2) is 27.9 Å². The van der Waals surface area contributed by atoms with Crippen molar-refractivity contribution in [3.8, 4) is 23.0 Å². The van der Waals surface area contributed by atoms with E-state index in [4.69, 9.17) is 9.47 Å². The number of aromatic hydroxyl groups is 2. The van der Waals surface area contributed by atoms with Gasteiger partial charge in [-0.2, -0.15) is 0 Å². The van der Waals surface area contributed by atoms with Crippen molar-refractivity contribution in [2.45, 2.75) is 51.4 Å². The molecule has 0 bridgehead atoms. The van der Waals surface area contributed by atoms with Gasteiger partial charge >= 0.3 is 11.9 Å². The van der Waals surface area contributed by atoms with Gasteiger partial charge in [-0.05, 0) is 73.4 Å². The highest BCUT2D eigenvalue weighted by Crippen LogP contribution is 2.31. The molecule has 7 nitrogen and oxygen atoms in total. The molecule has 0 fully saturated rings. The molecular formula is C35H34O7. The zero-order valence-electron chi connectivity index (χ0n) is 23.3. The first-order valence-corrected chi connectivity index (χ1v) is 14.1. The van der Waals surface area contributed by atoms with E-state index in [-0.39, 0.29) is 40.8 Å². The lowest BCUT2D eigenvalue weighted by molar-refractivity contribution is 0.0720. The van der Waals surface area contributed by atoms with Gasteiger partial charge < -0.3 is 19.7 Å². The van der Waals surface area contributed by atoms with Crippen LogP contribution in [0, 0.1) is 0 Å². The summed E-state index contributed by atoms with van der Waals surface area (Å²) in [7, 11) is 0. The van der Waals surface area contributed by atoms with Gasteiger partial charge in [0.2, 0.25) is 0 Å². The number of carbonyl (C=O) groups excluding carboxylic acids is 3. The fourth-order valence-electron chi connectivity index (χ4n) is 4.59. The van der Waals surface area contributed by atoms with Crippen molar-refractivity contribution in [2.75, 3.05) is 0 Å². The molecule has 2 N–H and O–H groups in total. The van der Waals surface area contributed by atoms with Crippen molar-refractivity contribution in [3.05, 3.63) is 119 Å². The fourth-order valence-corrected chi connectivity index (χ4v) is 4.59. The Morgan fingerprint density at radius 1 is 0.548 bits per heavy atom. The van der Waals surface area contributed by atoms with E-state index in [1.807, 2.05) is 12.1 Å². The molecule has 7 heteroatoms. The van der Waals surface area contributed by atoms with E-state index in [1.165, 1.54) is 18.2 Å². The highest BCUT2D eigenvalue weighted by Gasteiger charge is 2.20. The molecule has 0 aromatic heterocycles. The van der Waals surface area contributed by atoms with E-state index >= 15 is 0 Å². The average Bonchev–Trinajstić information content (AvgIpc) is 3.00. The molecule has 0 radical (unpaired) electrons. The van der Waals surface area contributed by atoms with Crippen molar-refractivity contribution >= 4 is 17.7 Å². The first-order valence-electron chi connectivity index (χ1n) is 14.1. The third-order valence-electron chi connectivity index (χ3n) is 6.85. The lowest BCUT2D eigenvalue weighted by Gasteiger charge is -2.11. The summed E-state index contributed by atoms with van der Waals surface area (Å²) >= 11 is 0. The number of Topliss-reactive ketones (excluding diaryl/α,β-unsaturated/α-hetero) is 1. The Bertz CT molecular complexity index is 1500. The summed E-state index contributed by atoms with van der Waals surface area (Å²) in [5.41, 5.74) is 1.78. The van der Waals surface area contributed by atoms with Crippen LogP contribution in [-0.2, 0) is 6.42 Å². The molecule has 4 aromatic carbocycles. The average molecular weight is 567 g/mol. The lowest BCUT2D eigenvalue weighted by atomic mass is 10.0. The molecule has 4 aromatic rings. The molecule has 0 aliphatic rings. The van der Waals surface area contributed by atoms with Crippen LogP contribution in [0.1, 0.15) is 81.6 Å². The van der Waals surface area contributed by atoms with Crippen molar-refractivity contribution in [1.29, 1.82) is 0 Å². The van der Waals surface area contributed by atoms with Crippen LogP contribution in [0.4, 0.5) is 0 Å². The molecule has 0 aliphatic heterocycles. The first kappa shape index (κ1) is 30.1. The maximum atomic E-state index is 12.9. The van der Waals surface area contributed by atoms with Crippen LogP contribution >= 0.6 is 0 Å².